The summed E-state index contributed by atoms with van der Waals surface area (Å²) in [4.78, 5) is 23.7. The van der Waals surface area contributed by atoms with E-state index in [1.807, 2.05) is 0 Å². The van der Waals surface area contributed by atoms with E-state index in [1.54, 1.807) is 6.07 Å². The lowest BCUT2D eigenvalue weighted by molar-refractivity contribution is -0.115. The van der Waals surface area contributed by atoms with Gasteiger partial charge in [-0.1, -0.05) is 0 Å². The highest BCUT2D eigenvalue weighted by molar-refractivity contribution is 9.11. The molecule has 1 aromatic rings. The monoisotopic (exact) mass is 480 g/mol. The van der Waals surface area contributed by atoms with Crippen molar-refractivity contribution in [2.24, 2.45) is 0 Å². The van der Waals surface area contributed by atoms with E-state index >= 15 is 0 Å². The van der Waals surface area contributed by atoms with Crippen LogP contribution in [0.3, 0.4) is 0 Å². The first-order valence-electron chi connectivity index (χ1n) is 6.91. The summed E-state index contributed by atoms with van der Waals surface area (Å²) in [6.45, 7) is 0. The second-order valence-corrected chi connectivity index (χ2v) is 8.98. The van der Waals surface area contributed by atoms with Crippen LogP contribution in [0.15, 0.2) is 32.9 Å². The smallest absolute Gasteiger partial charge is 0.344 e. The third-order valence-corrected chi connectivity index (χ3v) is 5.04. The van der Waals surface area contributed by atoms with Crippen molar-refractivity contribution in [3.63, 3.8) is 0 Å². The Balaban J connectivity index is 2.24. The molecule has 0 aliphatic heterocycles. The van der Waals surface area contributed by atoms with Crippen LogP contribution in [0.5, 0.6) is 5.75 Å². The number of carbonyl (C=O) groups is 2. The summed E-state index contributed by atoms with van der Waals surface area (Å²) in [6, 6.07) is 3.06. The van der Waals surface area contributed by atoms with E-state index in [4.69, 9.17) is 9.47 Å². The van der Waals surface area contributed by atoms with Crippen LogP contribution < -0.4 is 4.74 Å². The van der Waals surface area contributed by atoms with E-state index in [0.717, 1.165) is 6.26 Å². The van der Waals surface area contributed by atoms with Crippen LogP contribution in [-0.4, -0.2) is 32.4 Å². The molecule has 0 spiro atoms. The largest absolute Gasteiger partial charge is 0.475 e. The Labute approximate surface area is 156 Å². The molecular weight excluding hydrogens is 468 g/mol. The Bertz CT molecular complexity index is 813. The van der Waals surface area contributed by atoms with Gasteiger partial charge >= 0.3 is 5.97 Å². The summed E-state index contributed by atoms with van der Waals surface area (Å²) >= 11 is 6.49. The minimum Gasteiger partial charge on any atom is -0.475 e. The van der Waals surface area contributed by atoms with Crippen LogP contribution in [0.2, 0.25) is 0 Å². The average molecular weight is 482 g/mol. The second kappa shape index (κ2) is 7.79. The number of hydrogen-bond donors (Lipinski definition) is 0. The van der Waals surface area contributed by atoms with Crippen molar-refractivity contribution in [3.05, 3.63) is 38.5 Å². The maximum absolute atomic E-state index is 12.3. The fourth-order valence-electron chi connectivity index (χ4n) is 2.00. The fraction of sp³-hybridized carbons (Fsp3) is 0.333. The Hall–Kier alpha value is -1.19. The molecule has 0 atom stereocenters. The van der Waals surface area contributed by atoms with Crippen LogP contribution in [-0.2, 0) is 19.4 Å². The molecule has 0 saturated carbocycles. The number of hydrogen-bond acceptors (Lipinski definition) is 6. The Morgan fingerprint density at radius 3 is 2.58 bits per heavy atom. The van der Waals surface area contributed by atoms with Gasteiger partial charge in [0, 0.05) is 25.2 Å². The molecule has 1 aliphatic rings. The van der Waals surface area contributed by atoms with Crippen molar-refractivity contribution >= 4 is 53.4 Å². The van der Waals surface area contributed by atoms with Crippen molar-refractivity contribution in [2.45, 2.75) is 19.3 Å². The molecule has 0 amide bonds. The van der Waals surface area contributed by atoms with E-state index in [1.165, 1.54) is 12.1 Å². The zero-order chi connectivity index (χ0) is 17.9. The number of halogens is 2. The first-order valence-corrected chi connectivity index (χ1v) is 10.6. The van der Waals surface area contributed by atoms with Gasteiger partial charge < -0.3 is 9.47 Å². The molecule has 0 N–H and O–H groups in total. The summed E-state index contributed by atoms with van der Waals surface area (Å²) in [6.07, 6.45) is 3.98. The van der Waals surface area contributed by atoms with Crippen LogP contribution in [0.4, 0.5) is 0 Å². The van der Waals surface area contributed by atoms with Gasteiger partial charge in [-0.3, -0.25) is 4.79 Å². The van der Waals surface area contributed by atoms with Crippen LogP contribution >= 0.6 is 31.9 Å². The summed E-state index contributed by atoms with van der Waals surface area (Å²) in [5.74, 6) is -0.744. The van der Waals surface area contributed by atoms with Crippen LogP contribution in [0.1, 0.15) is 29.6 Å². The SMILES string of the molecule is CS(=O)(=O)COc1c(Br)ccc(C(=O)OC2=CC(=O)CCC2)c1Br. The molecule has 1 aliphatic carbocycles. The van der Waals surface area contributed by atoms with Gasteiger partial charge in [0.25, 0.3) is 0 Å². The molecule has 0 fully saturated rings. The molecule has 0 aromatic heterocycles. The van der Waals surface area contributed by atoms with Crippen LogP contribution in [0, 0.1) is 0 Å². The van der Waals surface area contributed by atoms with E-state index in [0.29, 0.717) is 29.5 Å². The predicted octanol–water partition coefficient (Wildman–Crippen LogP) is 3.39. The molecule has 24 heavy (non-hydrogen) atoms. The Morgan fingerprint density at radius 1 is 1.25 bits per heavy atom. The molecule has 0 heterocycles. The summed E-state index contributed by atoms with van der Waals surface area (Å²) in [7, 11) is -3.34. The van der Waals surface area contributed by atoms with E-state index in [-0.39, 0.29) is 21.6 Å². The van der Waals surface area contributed by atoms with E-state index < -0.39 is 21.7 Å². The number of allylic oxidation sites excluding steroid dienone is 2. The van der Waals surface area contributed by atoms with Gasteiger partial charge in [0.2, 0.25) is 0 Å². The Morgan fingerprint density at radius 2 is 1.96 bits per heavy atom. The molecule has 6 nitrogen and oxygen atoms in total. The first-order chi connectivity index (χ1) is 11.2. The Kier molecular flexibility index (Phi) is 6.22. The molecule has 2 rings (SSSR count). The van der Waals surface area contributed by atoms with Gasteiger partial charge in [0.1, 0.15) is 11.5 Å². The maximum atomic E-state index is 12.3. The summed E-state index contributed by atoms with van der Waals surface area (Å²) in [5, 5.41) is 0. The van der Waals surface area contributed by atoms with Gasteiger partial charge in [-0.15, -0.1) is 0 Å². The molecule has 0 bridgehead atoms. The summed E-state index contributed by atoms with van der Waals surface area (Å²) < 4.78 is 33.8. The van der Waals surface area contributed by atoms with Crippen molar-refractivity contribution < 1.29 is 27.5 Å². The van der Waals surface area contributed by atoms with Crippen molar-refractivity contribution in [1.82, 2.24) is 0 Å². The van der Waals surface area contributed by atoms with Gasteiger partial charge in [-0.25, -0.2) is 13.2 Å². The molecular formula is C15H14Br2O6S. The molecule has 130 valence electrons. The fourth-order valence-corrected chi connectivity index (χ4v) is 3.67. The zero-order valence-electron chi connectivity index (χ0n) is 12.7. The number of carbonyl (C=O) groups excluding carboxylic acids is 2. The zero-order valence-corrected chi connectivity index (χ0v) is 16.7. The summed E-state index contributed by atoms with van der Waals surface area (Å²) in [5.41, 5.74) is 0.167. The highest BCUT2D eigenvalue weighted by Gasteiger charge is 2.21. The van der Waals surface area contributed by atoms with Gasteiger partial charge in [-0.05, 0) is 50.4 Å². The quantitative estimate of drug-likeness (QED) is 0.599. The predicted molar refractivity (Wildman–Crippen MR) is 94.5 cm³/mol. The third kappa shape index (κ3) is 5.15. The van der Waals surface area contributed by atoms with Gasteiger partial charge in [0.15, 0.2) is 21.6 Å². The second-order valence-electron chi connectivity index (χ2n) is 5.25. The van der Waals surface area contributed by atoms with Gasteiger partial charge in [0.05, 0.1) is 14.5 Å². The normalized spacial score (nSPS) is 15.0. The van der Waals surface area contributed by atoms with Crippen LogP contribution in [0.25, 0.3) is 0 Å². The maximum Gasteiger partial charge on any atom is 0.344 e. The van der Waals surface area contributed by atoms with Gasteiger partial charge in [-0.2, -0.15) is 0 Å². The molecule has 0 radical (unpaired) electrons. The highest BCUT2D eigenvalue weighted by atomic mass is 79.9. The van der Waals surface area contributed by atoms with Crippen molar-refractivity contribution in [1.29, 1.82) is 0 Å². The molecule has 1 aromatic carbocycles. The van der Waals surface area contributed by atoms with E-state index in [2.05, 4.69) is 31.9 Å². The number of ketones is 1. The van der Waals surface area contributed by atoms with Crippen molar-refractivity contribution in [3.8, 4) is 5.75 Å². The van der Waals surface area contributed by atoms with E-state index in [9.17, 15) is 18.0 Å². The lowest BCUT2D eigenvalue weighted by Gasteiger charge is -2.15. The number of ether oxygens (including phenoxy) is 2. The van der Waals surface area contributed by atoms with Crippen molar-refractivity contribution in [2.75, 3.05) is 12.2 Å². The lowest BCUT2D eigenvalue weighted by Crippen LogP contribution is -2.13. The first kappa shape index (κ1) is 19.1. The molecule has 0 unspecified atom stereocenters. The number of esters is 1. The molecule has 0 saturated heterocycles. The number of benzene rings is 1. The number of sulfone groups is 1. The number of rotatable bonds is 5. The molecule has 9 heteroatoms. The third-order valence-electron chi connectivity index (χ3n) is 3.08. The standard InChI is InChI=1S/C15H14Br2O6S/c1-24(20,21)8-22-14-12(16)6-5-11(13(14)17)15(19)23-10-4-2-3-9(18)7-10/h5-7H,2-4,8H2,1H3. The minimum atomic E-state index is -3.34. The minimum absolute atomic E-state index is 0.0731. The highest BCUT2D eigenvalue weighted by Crippen LogP contribution is 2.37. The topological polar surface area (TPSA) is 86.7 Å². The average Bonchev–Trinajstić information content (AvgIpc) is 2.45. The lowest BCUT2D eigenvalue weighted by atomic mass is 10.1.